The van der Waals surface area contributed by atoms with Gasteiger partial charge in [0, 0.05) is 12.8 Å². The fourth-order valence-electron chi connectivity index (χ4n) is 4.45. The number of hydrogen-bond donors (Lipinski definition) is 0. The lowest BCUT2D eigenvalue weighted by atomic mass is 9.83. The van der Waals surface area contributed by atoms with Gasteiger partial charge in [0.05, 0.1) is 6.61 Å². The summed E-state index contributed by atoms with van der Waals surface area (Å²) in [7, 11) is 0. The lowest BCUT2D eigenvalue weighted by molar-refractivity contribution is -0.257. The van der Waals surface area contributed by atoms with Gasteiger partial charge in [-0.2, -0.15) is 0 Å². The van der Waals surface area contributed by atoms with E-state index in [9.17, 15) is 4.39 Å². The molecule has 1 saturated heterocycles. The maximum atomic E-state index is 13.8. The molecule has 2 aliphatic heterocycles. The van der Waals surface area contributed by atoms with Crippen LogP contribution in [0, 0.1) is 5.82 Å². The molecule has 0 bridgehead atoms. The van der Waals surface area contributed by atoms with Gasteiger partial charge in [0.1, 0.15) is 11.4 Å². The van der Waals surface area contributed by atoms with E-state index < -0.39 is 11.4 Å². The highest BCUT2D eigenvalue weighted by Crippen LogP contribution is 2.52. The first-order valence-electron chi connectivity index (χ1n) is 9.42. The zero-order valence-corrected chi connectivity index (χ0v) is 15.0. The normalized spacial score (nSPS) is 23.3. The summed E-state index contributed by atoms with van der Waals surface area (Å²) >= 11 is 0. The van der Waals surface area contributed by atoms with Crippen LogP contribution < -0.4 is 0 Å². The van der Waals surface area contributed by atoms with Crippen LogP contribution in [0.2, 0.25) is 0 Å². The second-order valence-corrected chi connectivity index (χ2v) is 7.45. The van der Waals surface area contributed by atoms with E-state index in [-0.39, 0.29) is 5.82 Å². The minimum Gasteiger partial charge on any atom is -0.345 e. The average Bonchev–Trinajstić information content (AvgIpc) is 3.09. The molecule has 136 valence electrons. The molecule has 0 amide bonds. The first-order chi connectivity index (χ1) is 13.2. The summed E-state index contributed by atoms with van der Waals surface area (Å²) in [6.45, 7) is 0.454. The molecule has 2 nitrogen and oxygen atoms in total. The number of fused-ring (bicyclic) bond motifs is 1. The zero-order valence-electron chi connectivity index (χ0n) is 15.0. The second-order valence-electron chi connectivity index (χ2n) is 7.45. The van der Waals surface area contributed by atoms with Gasteiger partial charge < -0.3 is 9.47 Å². The van der Waals surface area contributed by atoms with Crippen molar-refractivity contribution in [1.29, 1.82) is 0 Å². The Morgan fingerprint density at radius 3 is 2.07 bits per heavy atom. The van der Waals surface area contributed by atoms with Crippen molar-refractivity contribution in [2.75, 3.05) is 0 Å². The monoisotopic (exact) mass is 360 g/mol. The van der Waals surface area contributed by atoms with Crippen molar-refractivity contribution in [2.24, 2.45) is 0 Å². The minimum atomic E-state index is -0.716. The van der Waals surface area contributed by atoms with Crippen LogP contribution in [0.4, 0.5) is 4.39 Å². The van der Waals surface area contributed by atoms with Crippen LogP contribution in [0.3, 0.4) is 0 Å². The fraction of sp³-hybridized carbons (Fsp3) is 0.250. The molecule has 0 unspecified atom stereocenters. The lowest BCUT2D eigenvalue weighted by Crippen LogP contribution is -2.41. The van der Waals surface area contributed by atoms with Gasteiger partial charge in [-0.3, -0.25) is 0 Å². The molecule has 2 heterocycles. The van der Waals surface area contributed by atoms with Crippen molar-refractivity contribution >= 4 is 0 Å². The van der Waals surface area contributed by atoms with Crippen molar-refractivity contribution in [1.82, 2.24) is 0 Å². The van der Waals surface area contributed by atoms with E-state index in [1.165, 1.54) is 6.07 Å². The fourth-order valence-corrected chi connectivity index (χ4v) is 4.45. The molecule has 0 N–H and O–H groups in total. The third kappa shape index (κ3) is 2.78. The Hall–Kier alpha value is -2.49. The van der Waals surface area contributed by atoms with Crippen LogP contribution in [-0.4, -0.2) is 5.79 Å². The standard InChI is InChI=1S/C24H21FO2/c25-22-12-11-18-17-26-23(16-19(18)15-22)13-14-24(27-23,20-7-3-1-4-8-20)21-9-5-2-6-10-21/h1-12,15H,13-14,16-17H2/t23-/m1/s1. The maximum Gasteiger partial charge on any atom is 0.174 e. The van der Waals surface area contributed by atoms with E-state index in [0.717, 1.165) is 35.1 Å². The molecule has 3 aromatic carbocycles. The van der Waals surface area contributed by atoms with Gasteiger partial charge in [-0.1, -0.05) is 66.7 Å². The maximum absolute atomic E-state index is 13.8. The Bertz CT molecular complexity index is 915. The molecule has 2 aliphatic rings. The summed E-state index contributed by atoms with van der Waals surface area (Å²) in [5.74, 6) is -0.923. The minimum absolute atomic E-state index is 0.207. The summed E-state index contributed by atoms with van der Waals surface area (Å²) < 4.78 is 26.8. The topological polar surface area (TPSA) is 18.5 Å². The van der Waals surface area contributed by atoms with Gasteiger partial charge in [0.2, 0.25) is 0 Å². The van der Waals surface area contributed by atoms with Crippen LogP contribution in [-0.2, 0) is 28.1 Å². The third-order valence-corrected chi connectivity index (χ3v) is 5.82. The zero-order chi connectivity index (χ0) is 18.3. The van der Waals surface area contributed by atoms with Crippen LogP contribution in [0.1, 0.15) is 35.1 Å². The van der Waals surface area contributed by atoms with E-state index in [0.29, 0.717) is 13.0 Å². The summed E-state index contributed by atoms with van der Waals surface area (Å²) in [5.41, 5.74) is 3.73. The predicted octanol–water partition coefficient (Wildman–Crippen LogP) is 5.35. The number of halogens is 1. The van der Waals surface area contributed by atoms with Gasteiger partial charge in [-0.15, -0.1) is 0 Å². The van der Waals surface area contributed by atoms with E-state index in [4.69, 9.17) is 9.47 Å². The van der Waals surface area contributed by atoms with Crippen LogP contribution in [0.25, 0.3) is 0 Å². The molecule has 1 spiro atoms. The van der Waals surface area contributed by atoms with Gasteiger partial charge in [-0.25, -0.2) is 4.39 Å². The molecule has 3 aromatic rings. The van der Waals surface area contributed by atoms with Crippen molar-refractivity contribution in [3.8, 4) is 0 Å². The highest BCUT2D eigenvalue weighted by Gasteiger charge is 2.53. The summed E-state index contributed by atoms with van der Waals surface area (Å²) in [4.78, 5) is 0. The molecule has 0 aliphatic carbocycles. The number of ether oxygens (including phenoxy) is 2. The lowest BCUT2D eigenvalue weighted by Gasteiger charge is -2.38. The molecule has 0 aromatic heterocycles. The summed E-state index contributed by atoms with van der Waals surface area (Å²) in [6.07, 6.45) is 2.17. The molecule has 0 saturated carbocycles. The smallest absolute Gasteiger partial charge is 0.174 e. The Morgan fingerprint density at radius 2 is 1.41 bits per heavy atom. The summed E-state index contributed by atoms with van der Waals surface area (Å²) in [6, 6.07) is 25.6. The Balaban J connectivity index is 1.56. The molecule has 1 fully saturated rings. The number of benzene rings is 3. The van der Waals surface area contributed by atoms with Gasteiger partial charge in [0.25, 0.3) is 0 Å². The van der Waals surface area contributed by atoms with Crippen LogP contribution in [0.15, 0.2) is 78.9 Å². The highest BCUT2D eigenvalue weighted by atomic mass is 19.1. The van der Waals surface area contributed by atoms with E-state index in [1.807, 2.05) is 42.5 Å². The summed E-state index contributed by atoms with van der Waals surface area (Å²) in [5, 5.41) is 0. The highest BCUT2D eigenvalue weighted by molar-refractivity contribution is 5.39. The Morgan fingerprint density at radius 1 is 0.741 bits per heavy atom. The van der Waals surface area contributed by atoms with Gasteiger partial charge >= 0.3 is 0 Å². The van der Waals surface area contributed by atoms with E-state index in [2.05, 4.69) is 24.3 Å². The van der Waals surface area contributed by atoms with Crippen molar-refractivity contribution < 1.29 is 13.9 Å². The molecule has 27 heavy (non-hydrogen) atoms. The molecular formula is C24H21FO2. The SMILES string of the molecule is Fc1ccc2c(c1)C[C@]1(CCC(c3ccccc3)(c3ccccc3)O1)OC2. The second kappa shape index (κ2) is 6.29. The van der Waals surface area contributed by atoms with E-state index in [1.54, 1.807) is 6.07 Å². The molecule has 3 heteroatoms. The first-order valence-corrected chi connectivity index (χ1v) is 9.42. The largest absolute Gasteiger partial charge is 0.345 e. The Labute approximate surface area is 158 Å². The van der Waals surface area contributed by atoms with Gasteiger partial charge in [0.15, 0.2) is 5.79 Å². The van der Waals surface area contributed by atoms with Crippen molar-refractivity contribution in [2.45, 2.75) is 37.3 Å². The number of hydrogen-bond acceptors (Lipinski definition) is 2. The molecular weight excluding hydrogens is 339 g/mol. The average molecular weight is 360 g/mol. The van der Waals surface area contributed by atoms with Crippen molar-refractivity contribution in [3.05, 3.63) is 107 Å². The Kier molecular flexibility index (Phi) is 3.88. The molecule has 5 rings (SSSR count). The molecule has 0 radical (unpaired) electrons. The number of rotatable bonds is 2. The quantitative estimate of drug-likeness (QED) is 0.613. The third-order valence-electron chi connectivity index (χ3n) is 5.82. The first kappa shape index (κ1) is 16.7. The predicted molar refractivity (Wildman–Crippen MR) is 102 cm³/mol. The van der Waals surface area contributed by atoms with E-state index >= 15 is 0 Å². The van der Waals surface area contributed by atoms with Gasteiger partial charge in [-0.05, 0) is 40.8 Å². The van der Waals surface area contributed by atoms with Crippen LogP contribution in [0.5, 0.6) is 0 Å². The molecule has 1 atom stereocenters. The van der Waals surface area contributed by atoms with Crippen molar-refractivity contribution in [3.63, 3.8) is 0 Å². The van der Waals surface area contributed by atoms with Crippen LogP contribution >= 0.6 is 0 Å².